The van der Waals surface area contributed by atoms with Gasteiger partial charge >= 0.3 is 0 Å². The van der Waals surface area contributed by atoms with Crippen molar-refractivity contribution in [2.45, 2.75) is 52.4 Å². The molecule has 1 aliphatic carbocycles. The van der Waals surface area contributed by atoms with Gasteiger partial charge in [0.25, 0.3) is 0 Å². The maximum Gasteiger partial charge on any atom is 0.220 e. The van der Waals surface area contributed by atoms with Crippen LogP contribution < -0.4 is 5.32 Å². The number of carbonyl (C=O) groups excluding carboxylic acids is 1. The summed E-state index contributed by atoms with van der Waals surface area (Å²) in [5, 5.41) is 2.75. The molecule has 82 valence electrons. The van der Waals surface area contributed by atoms with Crippen molar-refractivity contribution in [3.05, 3.63) is 0 Å². The molecule has 0 aromatic heterocycles. The molecule has 0 aliphatic heterocycles. The van der Waals surface area contributed by atoms with Crippen molar-refractivity contribution >= 4 is 5.91 Å². The Morgan fingerprint density at radius 3 is 2.36 bits per heavy atom. The van der Waals surface area contributed by atoms with Crippen LogP contribution in [0.1, 0.15) is 52.4 Å². The molecule has 0 aromatic carbocycles. The van der Waals surface area contributed by atoms with Gasteiger partial charge in [-0.05, 0) is 30.6 Å². The average Bonchev–Trinajstić information content (AvgIpc) is 2.51. The molecule has 1 aliphatic rings. The predicted molar refractivity (Wildman–Crippen MR) is 59.0 cm³/mol. The van der Waals surface area contributed by atoms with Crippen LogP contribution in [0.25, 0.3) is 0 Å². The van der Waals surface area contributed by atoms with E-state index in [0.29, 0.717) is 11.3 Å². The third-order valence-corrected chi connectivity index (χ3v) is 3.32. The van der Waals surface area contributed by atoms with Crippen molar-refractivity contribution in [3.8, 4) is 0 Å². The van der Waals surface area contributed by atoms with Gasteiger partial charge in [0.1, 0.15) is 0 Å². The third kappa shape index (κ3) is 3.00. The first-order valence-electron chi connectivity index (χ1n) is 5.78. The molecule has 1 fully saturated rings. The second-order valence-electron chi connectivity index (χ2n) is 5.16. The highest BCUT2D eigenvalue weighted by Crippen LogP contribution is 2.45. The summed E-state index contributed by atoms with van der Waals surface area (Å²) < 4.78 is 0. The van der Waals surface area contributed by atoms with Crippen LogP contribution in [0.4, 0.5) is 0 Å². The zero-order chi connectivity index (χ0) is 10.6. The normalized spacial score (nSPS) is 20.0. The quantitative estimate of drug-likeness (QED) is 0.737. The van der Waals surface area contributed by atoms with Crippen LogP contribution in [0, 0.1) is 11.3 Å². The fourth-order valence-electron chi connectivity index (χ4n) is 2.87. The number of nitrogens with one attached hydrogen (secondary N) is 1. The lowest BCUT2D eigenvalue weighted by Crippen LogP contribution is -2.29. The van der Waals surface area contributed by atoms with Gasteiger partial charge in [-0.15, -0.1) is 0 Å². The minimum Gasteiger partial charge on any atom is -0.359 e. The maximum atomic E-state index is 11.4. The van der Waals surface area contributed by atoms with Gasteiger partial charge in [0.2, 0.25) is 5.91 Å². The van der Waals surface area contributed by atoms with Crippen LogP contribution in [0.5, 0.6) is 0 Å². The molecule has 14 heavy (non-hydrogen) atoms. The number of amides is 1. The van der Waals surface area contributed by atoms with E-state index < -0.39 is 0 Å². The zero-order valence-electron chi connectivity index (χ0n) is 9.73. The highest BCUT2D eigenvalue weighted by atomic mass is 16.1. The monoisotopic (exact) mass is 197 g/mol. The minimum absolute atomic E-state index is 0.215. The fraction of sp³-hybridized carbons (Fsp3) is 0.917. The molecule has 0 unspecified atom stereocenters. The first-order chi connectivity index (χ1) is 6.58. The van der Waals surface area contributed by atoms with Crippen molar-refractivity contribution in [3.63, 3.8) is 0 Å². The van der Waals surface area contributed by atoms with Gasteiger partial charge in [-0.1, -0.05) is 26.7 Å². The molecule has 0 spiro atoms. The Morgan fingerprint density at radius 2 is 1.93 bits per heavy atom. The van der Waals surface area contributed by atoms with Crippen LogP contribution in [-0.2, 0) is 4.79 Å². The van der Waals surface area contributed by atoms with E-state index in [1.807, 2.05) is 0 Å². The van der Waals surface area contributed by atoms with Gasteiger partial charge in [0, 0.05) is 13.5 Å². The first kappa shape index (κ1) is 11.5. The zero-order valence-corrected chi connectivity index (χ0v) is 9.73. The van der Waals surface area contributed by atoms with Crippen molar-refractivity contribution in [2.75, 3.05) is 7.05 Å². The predicted octanol–water partition coefficient (Wildman–Crippen LogP) is 2.73. The van der Waals surface area contributed by atoms with Crippen molar-refractivity contribution in [1.82, 2.24) is 5.32 Å². The van der Waals surface area contributed by atoms with Gasteiger partial charge in [0.15, 0.2) is 0 Å². The number of rotatable bonds is 4. The highest BCUT2D eigenvalue weighted by Gasteiger charge is 2.35. The Balaban J connectivity index is 2.57. The van der Waals surface area contributed by atoms with E-state index in [4.69, 9.17) is 0 Å². The summed E-state index contributed by atoms with van der Waals surface area (Å²) in [7, 11) is 1.74. The van der Waals surface area contributed by atoms with Crippen LogP contribution in [0.2, 0.25) is 0 Å². The molecular weight excluding hydrogens is 174 g/mol. The Kier molecular flexibility index (Phi) is 3.97. The Labute approximate surface area is 87.5 Å². The number of hydrogen-bond donors (Lipinski definition) is 1. The SMILES string of the molecule is CNC(=O)CC1(CC(C)C)CCCC1. The summed E-state index contributed by atoms with van der Waals surface area (Å²) in [5.41, 5.74) is 0.328. The molecule has 0 atom stereocenters. The van der Waals surface area contributed by atoms with Gasteiger partial charge < -0.3 is 5.32 Å². The van der Waals surface area contributed by atoms with E-state index in [1.54, 1.807) is 7.05 Å². The van der Waals surface area contributed by atoms with Crippen molar-refractivity contribution in [2.24, 2.45) is 11.3 Å². The van der Waals surface area contributed by atoms with E-state index in [9.17, 15) is 4.79 Å². The average molecular weight is 197 g/mol. The molecule has 0 radical (unpaired) electrons. The molecule has 1 saturated carbocycles. The van der Waals surface area contributed by atoms with Gasteiger partial charge in [-0.3, -0.25) is 4.79 Å². The van der Waals surface area contributed by atoms with Crippen LogP contribution in [-0.4, -0.2) is 13.0 Å². The van der Waals surface area contributed by atoms with Gasteiger partial charge in [-0.2, -0.15) is 0 Å². The van der Waals surface area contributed by atoms with E-state index in [1.165, 1.54) is 32.1 Å². The van der Waals surface area contributed by atoms with E-state index in [2.05, 4.69) is 19.2 Å². The number of hydrogen-bond acceptors (Lipinski definition) is 1. The largest absolute Gasteiger partial charge is 0.359 e. The van der Waals surface area contributed by atoms with Crippen LogP contribution >= 0.6 is 0 Å². The summed E-state index contributed by atoms with van der Waals surface area (Å²) in [6.07, 6.45) is 7.06. The smallest absolute Gasteiger partial charge is 0.220 e. The molecule has 0 heterocycles. The minimum atomic E-state index is 0.215. The molecule has 2 heteroatoms. The molecule has 0 saturated heterocycles. The maximum absolute atomic E-state index is 11.4. The summed E-state index contributed by atoms with van der Waals surface area (Å²) in [6.45, 7) is 4.51. The van der Waals surface area contributed by atoms with Crippen molar-refractivity contribution in [1.29, 1.82) is 0 Å². The second-order valence-corrected chi connectivity index (χ2v) is 5.16. The van der Waals surface area contributed by atoms with Gasteiger partial charge in [-0.25, -0.2) is 0 Å². The summed E-state index contributed by atoms with van der Waals surface area (Å²) in [6, 6.07) is 0. The highest BCUT2D eigenvalue weighted by molar-refractivity contribution is 5.76. The topological polar surface area (TPSA) is 29.1 Å². The third-order valence-electron chi connectivity index (χ3n) is 3.32. The summed E-state index contributed by atoms with van der Waals surface area (Å²) in [4.78, 5) is 11.4. The second kappa shape index (κ2) is 4.81. The van der Waals surface area contributed by atoms with E-state index >= 15 is 0 Å². The lowest BCUT2D eigenvalue weighted by molar-refractivity contribution is -0.123. The summed E-state index contributed by atoms with van der Waals surface area (Å²) in [5.74, 6) is 0.922. The molecule has 1 N–H and O–H groups in total. The van der Waals surface area contributed by atoms with Crippen LogP contribution in [0.3, 0.4) is 0 Å². The number of carbonyl (C=O) groups is 1. The van der Waals surface area contributed by atoms with Crippen LogP contribution in [0.15, 0.2) is 0 Å². The molecule has 0 aromatic rings. The lowest BCUT2D eigenvalue weighted by Gasteiger charge is -2.30. The molecule has 1 rings (SSSR count). The van der Waals surface area contributed by atoms with Gasteiger partial charge in [0.05, 0.1) is 0 Å². The Morgan fingerprint density at radius 1 is 1.36 bits per heavy atom. The fourth-order valence-corrected chi connectivity index (χ4v) is 2.87. The summed E-state index contributed by atoms with van der Waals surface area (Å²) >= 11 is 0. The molecule has 1 amide bonds. The Hall–Kier alpha value is -0.530. The standard InChI is InChI=1S/C12H23NO/c1-10(2)8-12(6-4-5-7-12)9-11(14)13-3/h10H,4-9H2,1-3H3,(H,13,14). The first-order valence-corrected chi connectivity index (χ1v) is 5.78. The van der Waals surface area contributed by atoms with E-state index in [-0.39, 0.29) is 5.91 Å². The van der Waals surface area contributed by atoms with Crippen molar-refractivity contribution < 1.29 is 4.79 Å². The molecular formula is C12H23NO. The Bertz CT molecular complexity index is 192. The lowest BCUT2D eigenvalue weighted by atomic mass is 9.76. The van der Waals surface area contributed by atoms with E-state index in [0.717, 1.165) is 6.42 Å². The molecule has 0 bridgehead atoms. The molecule has 2 nitrogen and oxygen atoms in total.